The predicted octanol–water partition coefficient (Wildman–Crippen LogP) is 2.27. The van der Waals surface area contributed by atoms with Gasteiger partial charge in [0.2, 0.25) is 0 Å². The van der Waals surface area contributed by atoms with Crippen LogP contribution in [0.5, 0.6) is 0 Å². The molecule has 0 radical (unpaired) electrons. The van der Waals surface area contributed by atoms with Crippen molar-refractivity contribution in [1.29, 1.82) is 0 Å². The Morgan fingerprint density at radius 2 is 2.06 bits per heavy atom. The summed E-state index contributed by atoms with van der Waals surface area (Å²) >= 11 is 0. The number of nitrogens with one attached hydrogen (secondary N) is 1. The van der Waals surface area contributed by atoms with E-state index in [4.69, 9.17) is 0 Å². The highest BCUT2D eigenvalue weighted by Gasteiger charge is 1.99. The van der Waals surface area contributed by atoms with Crippen LogP contribution in [-0.2, 0) is 13.5 Å². The molecule has 0 aliphatic rings. The summed E-state index contributed by atoms with van der Waals surface area (Å²) in [5, 5.41) is 7.56. The van der Waals surface area contributed by atoms with Crippen LogP contribution in [0.1, 0.15) is 11.3 Å². The van der Waals surface area contributed by atoms with Crippen LogP contribution in [-0.4, -0.2) is 22.9 Å². The maximum Gasteiger partial charge on any atom is 0.0492 e. The van der Waals surface area contributed by atoms with Gasteiger partial charge in [-0.05, 0) is 17.2 Å². The van der Waals surface area contributed by atoms with E-state index in [2.05, 4.69) is 29.1 Å². The highest BCUT2D eigenvalue weighted by Crippen LogP contribution is 2.09. The van der Waals surface area contributed by atoms with E-state index in [1.165, 1.54) is 11.3 Å². The molecule has 0 aliphatic carbocycles. The zero-order valence-electron chi connectivity index (χ0n) is 10.8. The van der Waals surface area contributed by atoms with Gasteiger partial charge < -0.3 is 5.32 Å². The van der Waals surface area contributed by atoms with Gasteiger partial charge in [0, 0.05) is 38.4 Å². The summed E-state index contributed by atoms with van der Waals surface area (Å²) < 4.78 is 1.91. The standard InChI is InChI=1S/C15H19N3/c1-13(14-6-4-3-5-7-14)12-16-10-8-15-9-11-17-18(15)2/h3-7,9,11,16H,1,8,10,12H2,2H3. The maximum atomic E-state index is 4.15. The summed E-state index contributed by atoms with van der Waals surface area (Å²) in [5.74, 6) is 0. The predicted molar refractivity (Wildman–Crippen MR) is 75.3 cm³/mol. The first-order chi connectivity index (χ1) is 8.77. The van der Waals surface area contributed by atoms with E-state index < -0.39 is 0 Å². The Morgan fingerprint density at radius 1 is 1.28 bits per heavy atom. The third-order valence-electron chi connectivity index (χ3n) is 3.00. The Kier molecular flexibility index (Phi) is 4.31. The molecule has 1 aromatic carbocycles. The Morgan fingerprint density at radius 3 is 2.72 bits per heavy atom. The molecule has 0 unspecified atom stereocenters. The smallest absolute Gasteiger partial charge is 0.0492 e. The molecule has 0 bridgehead atoms. The van der Waals surface area contributed by atoms with E-state index in [-0.39, 0.29) is 0 Å². The number of rotatable bonds is 6. The van der Waals surface area contributed by atoms with Crippen molar-refractivity contribution in [2.45, 2.75) is 6.42 Å². The summed E-state index contributed by atoms with van der Waals surface area (Å²) in [6, 6.07) is 12.3. The molecule has 0 spiro atoms. The van der Waals surface area contributed by atoms with Crippen LogP contribution >= 0.6 is 0 Å². The molecule has 1 N–H and O–H groups in total. The summed E-state index contributed by atoms with van der Waals surface area (Å²) in [5.41, 5.74) is 3.57. The number of aromatic nitrogens is 2. The molecule has 2 rings (SSSR count). The molecule has 1 aromatic heterocycles. The SMILES string of the molecule is C=C(CNCCc1ccnn1C)c1ccccc1. The van der Waals surface area contributed by atoms with Crippen LogP contribution in [0.15, 0.2) is 49.2 Å². The van der Waals surface area contributed by atoms with Crippen LogP contribution < -0.4 is 5.32 Å². The van der Waals surface area contributed by atoms with Crippen LogP contribution in [0.3, 0.4) is 0 Å². The second kappa shape index (κ2) is 6.17. The quantitative estimate of drug-likeness (QED) is 0.786. The monoisotopic (exact) mass is 241 g/mol. The first kappa shape index (κ1) is 12.6. The summed E-state index contributed by atoms with van der Waals surface area (Å²) in [4.78, 5) is 0. The lowest BCUT2D eigenvalue weighted by molar-refractivity contribution is 0.670. The molecule has 0 fully saturated rings. The van der Waals surface area contributed by atoms with Crippen molar-refractivity contribution in [3.05, 3.63) is 60.4 Å². The average molecular weight is 241 g/mol. The van der Waals surface area contributed by atoms with E-state index >= 15 is 0 Å². The Labute approximate surface area is 108 Å². The van der Waals surface area contributed by atoms with Crippen molar-refractivity contribution in [2.75, 3.05) is 13.1 Å². The molecule has 1 heterocycles. The van der Waals surface area contributed by atoms with E-state index in [9.17, 15) is 0 Å². The topological polar surface area (TPSA) is 29.9 Å². The maximum absolute atomic E-state index is 4.15. The summed E-state index contributed by atoms with van der Waals surface area (Å²) in [6.07, 6.45) is 2.82. The van der Waals surface area contributed by atoms with Gasteiger partial charge in [0.15, 0.2) is 0 Å². The van der Waals surface area contributed by atoms with Crippen molar-refractivity contribution >= 4 is 5.57 Å². The van der Waals surface area contributed by atoms with Crippen LogP contribution in [0.25, 0.3) is 5.57 Å². The van der Waals surface area contributed by atoms with Gasteiger partial charge >= 0.3 is 0 Å². The second-order valence-corrected chi connectivity index (χ2v) is 4.34. The Balaban J connectivity index is 1.73. The average Bonchev–Trinajstić information content (AvgIpc) is 2.81. The van der Waals surface area contributed by atoms with E-state index in [0.29, 0.717) is 0 Å². The minimum absolute atomic E-state index is 0.821. The Bertz CT molecular complexity index is 499. The third-order valence-corrected chi connectivity index (χ3v) is 3.00. The van der Waals surface area contributed by atoms with Crippen LogP contribution in [0.4, 0.5) is 0 Å². The molecular weight excluding hydrogens is 222 g/mol. The zero-order valence-corrected chi connectivity index (χ0v) is 10.8. The van der Waals surface area contributed by atoms with E-state index in [1.54, 1.807) is 0 Å². The van der Waals surface area contributed by atoms with Crippen molar-refractivity contribution in [1.82, 2.24) is 15.1 Å². The lowest BCUT2D eigenvalue weighted by Gasteiger charge is -2.08. The second-order valence-electron chi connectivity index (χ2n) is 4.34. The number of hydrogen-bond donors (Lipinski definition) is 1. The molecule has 3 nitrogen and oxygen atoms in total. The fraction of sp³-hybridized carbons (Fsp3) is 0.267. The van der Waals surface area contributed by atoms with Gasteiger partial charge in [0.05, 0.1) is 0 Å². The van der Waals surface area contributed by atoms with Crippen LogP contribution in [0.2, 0.25) is 0 Å². The number of hydrogen-bond acceptors (Lipinski definition) is 2. The third kappa shape index (κ3) is 3.31. The molecule has 3 heteroatoms. The van der Waals surface area contributed by atoms with E-state index in [1.807, 2.05) is 42.2 Å². The van der Waals surface area contributed by atoms with Gasteiger partial charge in [-0.2, -0.15) is 5.10 Å². The molecule has 0 saturated carbocycles. The van der Waals surface area contributed by atoms with Crippen molar-refractivity contribution < 1.29 is 0 Å². The van der Waals surface area contributed by atoms with Gasteiger partial charge in [-0.25, -0.2) is 0 Å². The highest BCUT2D eigenvalue weighted by molar-refractivity contribution is 5.64. The van der Waals surface area contributed by atoms with Gasteiger partial charge in [0.25, 0.3) is 0 Å². The lowest BCUT2D eigenvalue weighted by atomic mass is 10.1. The normalized spacial score (nSPS) is 10.5. The van der Waals surface area contributed by atoms with Crippen LogP contribution in [0, 0.1) is 0 Å². The fourth-order valence-corrected chi connectivity index (χ4v) is 1.88. The largest absolute Gasteiger partial charge is 0.312 e. The first-order valence-electron chi connectivity index (χ1n) is 6.18. The molecule has 2 aromatic rings. The molecular formula is C15H19N3. The van der Waals surface area contributed by atoms with Crippen molar-refractivity contribution in [3.63, 3.8) is 0 Å². The minimum atomic E-state index is 0.821. The molecule has 0 atom stereocenters. The van der Waals surface area contributed by atoms with Gasteiger partial charge in [0.1, 0.15) is 0 Å². The van der Waals surface area contributed by atoms with Gasteiger partial charge in [-0.15, -0.1) is 0 Å². The van der Waals surface area contributed by atoms with Gasteiger partial charge in [-0.1, -0.05) is 36.9 Å². The van der Waals surface area contributed by atoms with E-state index in [0.717, 1.165) is 25.1 Å². The fourth-order valence-electron chi connectivity index (χ4n) is 1.88. The number of aryl methyl sites for hydroxylation is 1. The molecule has 0 amide bonds. The zero-order chi connectivity index (χ0) is 12.8. The number of benzene rings is 1. The number of nitrogens with zero attached hydrogens (tertiary/aromatic N) is 2. The first-order valence-corrected chi connectivity index (χ1v) is 6.18. The highest BCUT2D eigenvalue weighted by atomic mass is 15.3. The molecule has 0 saturated heterocycles. The summed E-state index contributed by atoms with van der Waals surface area (Å²) in [7, 11) is 1.97. The minimum Gasteiger partial charge on any atom is -0.312 e. The van der Waals surface area contributed by atoms with Crippen molar-refractivity contribution in [3.8, 4) is 0 Å². The van der Waals surface area contributed by atoms with Crippen molar-refractivity contribution in [2.24, 2.45) is 7.05 Å². The molecule has 18 heavy (non-hydrogen) atoms. The summed E-state index contributed by atoms with van der Waals surface area (Å²) in [6.45, 7) is 5.85. The Hall–Kier alpha value is -1.87. The molecule has 94 valence electrons. The lowest BCUT2D eigenvalue weighted by Crippen LogP contribution is -2.20. The molecule has 0 aliphatic heterocycles. The van der Waals surface area contributed by atoms with Gasteiger partial charge in [-0.3, -0.25) is 4.68 Å².